The summed E-state index contributed by atoms with van der Waals surface area (Å²) >= 11 is 0. The van der Waals surface area contributed by atoms with Crippen LogP contribution >= 0.6 is 0 Å². The molecule has 14 heavy (non-hydrogen) atoms. The minimum absolute atomic E-state index is 0.334. The van der Waals surface area contributed by atoms with E-state index in [1.165, 1.54) is 16.7 Å². The highest BCUT2D eigenvalue weighted by Crippen LogP contribution is 2.21. The Balaban J connectivity index is 2.89. The van der Waals surface area contributed by atoms with Crippen molar-refractivity contribution in [2.45, 2.75) is 26.3 Å². The van der Waals surface area contributed by atoms with Crippen molar-refractivity contribution in [2.75, 3.05) is 7.05 Å². The minimum Gasteiger partial charge on any atom is -0.313 e. The van der Waals surface area contributed by atoms with Gasteiger partial charge in [0.25, 0.3) is 0 Å². The number of aromatic nitrogens is 1. The first-order valence-electron chi connectivity index (χ1n) is 4.87. The molecule has 76 valence electrons. The lowest BCUT2D eigenvalue weighted by atomic mass is 9.98. The van der Waals surface area contributed by atoms with Gasteiger partial charge in [-0.3, -0.25) is 4.98 Å². The second-order valence-electron chi connectivity index (χ2n) is 3.73. The monoisotopic (exact) mass is 190 g/mol. The molecule has 0 bridgehead atoms. The first-order valence-corrected chi connectivity index (χ1v) is 4.87. The summed E-state index contributed by atoms with van der Waals surface area (Å²) in [6, 6.07) is 2.37. The maximum Gasteiger partial charge on any atom is 0.0372 e. The number of nitrogens with zero attached hydrogens (tertiary/aromatic N) is 1. The molecular weight excluding hydrogens is 172 g/mol. The van der Waals surface area contributed by atoms with E-state index in [0.29, 0.717) is 6.04 Å². The molecule has 0 aliphatic heterocycles. The third-order valence-electron chi connectivity index (χ3n) is 2.36. The first-order chi connectivity index (χ1) is 6.65. The van der Waals surface area contributed by atoms with Gasteiger partial charge in [-0.15, -0.1) is 6.58 Å². The van der Waals surface area contributed by atoms with Gasteiger partial charge < -0.3 is 5.32 Å². The van der Waals surface area contributed by atoms with E-state index in [1.54, 1.807) is 0 Å². The molecule has 1 N–H and O–H groups in total. The Labute approximate surface area is 86.1 Å². The third kappa shape index (κ3) is 2.67. The molecule has 0 aliphatic carbocycles. The normalized spacial score (nSPS) is 12.5. The Morgan fingerprint density at radius 1 is 1.64 bits per heavy atom. The van der Waals surface area contributed by atoms with Crippen LogP contribution in [0.4, 0.5) is 0 Å². The van der Waals surface area contributed by atoms with Gasteiger partial charge in [-0.25, -0.2) is 0 Å². The summed E-state index contributed by atoms with van der Waals surface area (Å²) in [6.07, 6.45) is 4.72. The molecule has 1 rings (SSSR count). The van der Waals surface area contributed by atoms with Crippen molar-refractivity contribution in [3.63, 3.8) is 0 Å². The Kier molecular flexibility index (Phi) is 3.84. The fraction of sp³-hybridized carbons (Fsp3) is 0.417. The van der Waals surface area contributed by atoms with Gasteiger partial charge in [0, 0.05) is 18.4 Å². The molecule has 1 atom stereocenters. The van der Waals surface area contributed by atoms with Crippen LogP contribution < -0.4 is 5.32 Å². The van der Waals surface area contributed by atoms with Crippen LogP contribution in [0.5, 0.6) is 0 Å². The van der Waals surface area contributed by atoms with Gasteiger partial charge in [-0.05, 0) is 44.5 Å². The van der Waals surface area contributed by atoms with E-state index < -0.39 is 0 Å². The summed E-state index contributed by atoms with van der Waals surface area (Å²) in [5, 5.41) is 3.29. The van der Waals surface area contributed by atoms with E-state index in [1.807, 2.05) is 25.5 Å². The standard InChI is InChI=1S/C12H18N2/c1-9(2)7-12(13-4)11-8-14-6-5-10(11)3/h5-6,8,12-13H,1,7H2,2-4H3. The van der Waals surface area contributed by atoms with Crippen molar-refractivity contribution in [3.8, 4) is 0 Å². The van der Waals surface area contributed by atoms with Crippen LogP contribution in [-0.2, 0) is 0 Å². The Morgan fingerprint density at radius 2 is 2.36 bits per heavy atom. The predicted molar refractivity (Wildman–Crippen MR) is 60.2 cm³/mol. The average molecular weight is 190 g/mol. The van der Waals surface area contributed by atoms with Gasteiger partial charge in [0.05, 0.1) is 0 Å². The van der Waals surface area contributed by atoms with Crippen molar-refractivity contribution in [1.29, 1.82) is 0 Å². The van der Waals surface area contributed by atoms with Gasteiger partial charge in [0.2, 0.25) is 0 Å². The van der Waals surface area contributed by atoms with Crippen LogP contribution in [0.15, 0.2) is 30.6 Å². The van der Waals surface area contributed by atoms with Gasteiger partial charge >= 0.3 is 0 Å². The molecule has 1 aromatic heterocycles. The summed E-state index contributed by atoms with van der Waals surface area (Å²) in [4.78, 5) is 4.15. The average Bonchev–Trinajstić information content (AvgIpc) is 2.15. The second-order valence-corrected chi connectivity index (χ2v) is 3.73. The molecule has 2 heteroatoms. The minimum atomic E-state index is 0.334. The molecule has 0 saturated carbocycles. The van der Waals surface area contributed by atoms with Crippen LogP contribution in [-0.4, -0.2) is 12.0 Å². The predicted octanol–water partition coefficient (Wildman–Crippen LogP) is 2.62. The molecule has 0 spiro atoms. The third-order valence-corrected chi connectivity index (χ3v) is 2.36. The van der Waals surface area contributed by atoms with Crippen molar-refractivity contribution in [3.05, 3.63) is 41.7 Å². The van der Waals surface area contributed by atoms with Crippen molar-refractivity contribution >= 4 is 0 Å². The van der Waals surface area contributed by atoms with Crippen molar-refractivity contribution in [1.82, 2.24) is 10.3 Å². The Bertz CT molecular complexity index is 318. The Hall–Kier alpha value is -1.15. The zero-order chi connectivity index (χ0) is 10.6. The summed E-state index contributed by atoms with van der Waals surface area (Å²) in [6.45, 7) is 8.10. The van der Waals surface area contributed by atoms with E-state index in [4.69, 9.17) is 0 Å². The largest absolute Gasteiger partial charge is 0.313 e. The fourth-order valence-corrected chi connectivity index (χ4v) is 1.56. The quantitative estimate of drug-likeness (QED) is 0.738. The van der Waals surface area contributed by atoms with Crippen molar-refractivity contribution in [2.24, 2.45) is 0 Å². The number of pyridine rings is 1. The number of hydrogen-bond donors (Lipinski definition) is 1. The summed E-state index contributed by atoms with van der Waals surface area (Å²) in [5.74, 6) is 0. The van der Waals surface area contributed by atoms with E-state index >= 15 is 0 Å². The zero-order valence-electron chi connectivity index (χ0n) is 9.17. The van der Waals surface area contributed by atoms with Gasteiger partial charge in [0.15, 0.2) is 0 Å². The number of aryl methyl sites for hydroxylation is 1. The van der Waals surface area contributed by atoms with Crippen LogP contribution in [0, 0.1) is 6.92 Å². The first kappa shape index (κ1) is 10.9. The molecule has 0 radical (unpaired) electrons. The molecule has 2 nitrogen and oxygen atoms in total. The second kappa shape index (κ2) is 4.91. The lowest BCUT2D eigenvalue weighted by Crippen LogP contribution is -2.17. The lowest BCUT2D eigenvalue weighted by molar-refractivity contribution is 0.584. The molecule has 0 saturated heterocycles. The van der Waals surface area contributed by atoms with Crippen LogP contribution in [0.1, 0.15) is 30.5 Å². The van der Waals surface area contributed by atoms with E-state index in [-0.39, 0.29) is 0 Å². The van der Waals surface area contributed by atoms with Crippen LogP contribution in [0.2, 0.25) is 0 Å². The smallest absolute Gasteiger partial charge is 0.0372 e. The molecular formula is C12H18N2. The van der Waals surface area contributed by atoms with Crippen LogP contribution in [0.3, 0.4) is 0 Å². The van der Waals surface area contributed by atoms with Gasteiger partial charge in [0.1, 0.15) is 0 Å². The van der Waals surface area contributed by atoms with Gasteiger partial charge in [-0.2, -0.15) is 0 Å². The number of rotatable bonds is 4. The summed E-state index contributed by atoms with van der Waals surface area (Å²) in [5.41, 5.74) is 3.73. The van der Waals surface area contributed by atoms with E-state index in [0.717, 1.165) is 6.42 Å². The highest BCUT2D eigenvalue weighted by molar-refractivity contribution is 5.26. The maximum absolute atomic E-state index is 4.15. The SMILES string of the molecule is C=C(C)CC(NC)c1cnccc1C. The highest BCUT2D eigenvalue weighted by Gasteiger charge is 2.11. The molecule has 0 aromatic carbocycles. The molecule has 0 amide bonds. The number of nitrogens with one attached hydrogen (secondary N) is 1. The highest BCUT2D eigenvalue weighted by atomic mass is 14.9. The van der Waals surface area contributed by atoms with Crippen LogP contribution in [0.25, 0.3) is 0 Å². The maximum atomic E-state index is 4.15. The fourth-order valence-electron chi connectivity index (χ4n) is 1.56. The molecule has 1 unspecified atom stereocenters. The zero-order valence-corrected chi connectivity index (χ0v) is 9.17. The molecule has 0 fully saturated rings. The van der Waals surface area contributed by atoms with E-state index in [9.17, 15) is 0 Å². The topological polar surface area (TPSA) is 24.9 Å². The molecule has 0 aliphatic rings. The van der Waals surface area contributed by atoms with Crippen molar-refractivity contribution < 1.29 is 0 Å². The molecule has 1 heterocycles. The van der Waals surface area contributed by atoms with E-state index in [2.05, 4.69) is 30.7 Å². The summed E-state index contributed by atoms with van der Waals surface area (Å²) in [7, 11) is 1.97. The Morgan fingerprint density at radius 3 is 2.86 bits per heavy atom. The lowest BCUT2D eigenvalue weighted by Gasteiger charge is -2.18. The number of hydrogen-bond acceptors (Lipinski definition) is 2. The van der Waals surface area contributed by atoms with Gasteiger partial charge in [-0.1, -0.05) is 5.57 Å². The molecule has 1 aromatic rings. The summed E-state index contributed by atoms with van der Waals surface area (Å²) < 4.78 is 0.